The number of nitrogens with zero attached hydrogens (tertiary/aromatic N) is 8. The second-order valence-corrected chi connectivity index (χ2v) is 123. The molecule has 0 unspecified atom stereocenters. The van der Waals surface area contributed by atoms with Crippen LogP contribution >= 0.6 is 0 Å². The van der Waals surface area contributed by atoms with Gasteiger partial charge in [0.1, 0.15) is 0 Å². The SMILES string of the molecule is C1CCOC1.C1CCOC1.C1CCOC1.C1CCOC1.C1CCOC1.C1CCOC1.C1CCOC1.C1CCOC1.C[Si](C)(C)[N-][Si](C)(C)C.C[Si](C)(C)[N-][Si](C)(C)C.C[Si](C)(C)[N-][Si](C)(C)C.C[Si](C)(C)[N-][Si](C)(C)C.C[Si](C)(C)[N-][Si](C)(C)C.C[Si](C)(C)[N-][Si](C)(C)C.C[Si](C)(C)[N-][Si](C)(C)C.C[Si](C)(C)[N-][Si](C)(C)C.[Fe+2].[Fe+2].[Fe+2].[Fe+2].[Fe+3].[Fe+3].[Fe+3].[Fe+3].[Na+].[Na+].[Na+].[Na+].[S-2].[S-2].[S-2].[S-2].[S-2].[S-2].[S-2].[S-2]. The van der Waals surface area contributed by atoms with E-state index in [1.165, 1.54) is 103 Å². The predicted molar refractivity (Wildman–Crippen MR) is 620 cm³/mol. The van der Waals surface area contributed by atoms with Gasteiger partial charge in [0, 0.05) is 106 Å². The van der Waals surface area contributed by atoms with Crippen LogP contribution < -0.4 is 118 Å². The van der Waals surface area contributed by atoms with Gasteiger partial charge >= 0.3 is 255 Å². The van der Waals surface area contributed by atoms with Gasteiger partial charge in [-0.05, 0) is 103 Å². The van der Waals surface area contributed by atoms with E-state index >= 15 is 0 Å². The topological polar surface area (TPSA) is 187 Å². The zero-order valence-corrected chi connectivity index (χ0v) is 135. The zero-order chi connectivity index (χ0) is 89.9. The molecular formula is C80H208Fe8N8Na4O8S8Si16. The van der Waals surface area contributed by atoms with Crippen molar-refractivity contribution >= 4 is 240 Å². The Morgan fingerprint density at radius 2 is 0.152 bits per heavy atom. The molecule has 0 spiro atoms. The maximum atomic E-state index is 4.94. The fourth-order valence-corrected chi connectivity index (χ4v) is 76.5. The molecule has 8 heterocycles. The Hall–Kier alpha value is 13.8. The molecule has 0 N–H and O–H groups in total. The molecule has 52 heteroatoms. The first-order valence-corrected chi connectivity index (χ1v) is 99.4. The number of hydrogen-bond acceptors (Lipinski definition) is 8. The zero-order valence-electron chi connectivity index (χ0n) is 95.6. The summed E-state index contributed by atoms with van der Waals surface area (Å²) in [5.41, 5.74) is 0. The Morgan fingerprint density at radius 1 is 0.114 bits per heavy atom. The molecule has 8 fully saturated rings. The molecule has 0 atom stereocenters. The summed E-state index contributed by atoms with van der Waals surface area (Å²) in [4.78, 5) is 0. The molecule has 0 aliphatic carbocycles. The van der Waals surface area contributed by atoms with Crippen molar-refractivity contribution in [3.05, 3.63) is 37.2 Å². The van der Waals surface area contributed by atoms with Gasteiger partial charge in [0.2, 0.25) is 0 Å². The normalized spacial score (nSPS) is 14.9. The molecule has 0 saturated carbocycles. The van der Waals surface area contributed by atoms with E-state index in [2.05, 4.69) is 314 Å². The van der Waals surface area contributed by atoms with Crippen molar-refractivity contribution < 1.29 is 293 Å². The summed E-state index contributed by atoms with van der Waals surface area (Å²) in [6.45, 7) is 126. The molecule has 0 aromatic heterocycles. The Morgan fingerprint density at radius 3 is 0.159 bits per heavy atom. The first-order chi connectivity index (χ1) is 49.7. The van der Waals surface area contributed by atoms with Gasteiger partial charge in [-0.3, -0.25) is 0 Å². The fourth-order valence-electron chi connectivity index (χ4n) is 12.1. The molecule has 0 aromatic rings. The molecule has 132 heavy (non-hydrogen) atoms. The van der Waals surface area contributed by atoms with E-state index in [1.54, 1.807) is 0 Å². The smallest absolute Gasteiger partial charge is 2.00 e. The molecule has 796 valence electrons. The van der Waals surface area contributed by atoms with E-state index < -0.39 is 132 Å². The van der Waals surface area contributed by atoms with Crippen molar-refractivity contribution in [2.75, 3.05) is 106 Å². The van der Waals surface area contributed by atoms with Crippen molar-refractivity contribution in [3.63, 3.8) is 0 Å². The van der Waals surface area contributed by atoms with Gasteiger partial charge < -0.3 is 183 Å². The standard InChI is InChI=1S/8C6H18NSi2.8C4H8O.8Fe.4Na.8S/c8*1-8(2,3)7-9(4,5)6;8*1-2-4-5-3-1;;;;;;;;;;;;;;;;;;;;/h8*1-6H3;8*1-4H2;;;;;;;;;;;;;;;;;;;;/q8*-1;;;;;;;;;4*+2;4*+3;4*+1;8*-2. The molecular weight excluding hydrogens is 2450 g/mol. The summed E-state index contributed by atoms with van der Waals surface area (Å²) in [5, 5.41) is 0. The summed E-state index contributed by atoms with van der Waals surface area (Å²) in [7, 11) is -17.7. The molecule has 0 amide bonds. The van der Waals surface area contributed by atoms with Crippen LogP contribution in [-0.4, -0.2) is 237 Å². The molecule has 8 rings (SSSR count). The Balaban J connectivity index is -0.0000000334. The van der Waals surface area contributed by atoms with Crippen molar-refractivity contribution in [2.45, 2.75) is 417 Å². The third kappa shape index (κ3) is 283. The van der Waals surface area contributed by atoms with Crippen LogP contribution in [-0.2, 0) is 282 Å². The Bertz CT molecular complexity index is 1550. The molecule has 0 bridgehead atoms. The van der Waals surface area contributed by atoms with E-state index in [9.17, 15) is 0 Å². The fraction of sp³-hybridized carbons (Fsp3) is 1.00. The minimum atomic E-state index is -1.11. The Labute approximate surface area is 1080 Å². The van der Waals surface area contributed by atoms with Crippen molar-refractivity contribution in [3.8, 4) is 0 Å². The molecule has 16 nitrogen and oxygen atoms in total. The van der Waals surface area contributed by atoms with E-state index in [0.717, 1.165) is 106 Å². The van der Waals surface area contributed by atoms with Crippen LogP contribution in [0.1, 0.15) is 103 Å². The molecule has 4 radical (unpaired) electrons. The minimum Gasteiger partial charge on any atom is -2.00 e. The van der Waals surface area contributed by atoms with Crippen LogP contribution in [0.25, 0.3) is 37.2 Å². The van der Waals surface area contributed by atoms with E-state index in [4.69, 9.17) is 75.1 Å². The monoisotopic (exact) mass is 2650 g/mol. The third-order valence-electron chi connectivity index (χ3n) is 12.0. The summed E-state index contributed by atoms with van der Waals surface area (Å²) in [6.07, 6.45) is 20.4. The van der Waals surface area contributed by atoms with Gasteiger partial charge in [0.05, 0.1) is 0 Å². The minimum absolute atomic E-state index is 0. The maximum absolute atomic E-state index is 4.94. The van der Waals surface area contributed by atoms with E-state index in [1.807, 2.05) is 0 Å². The second kappa shape index (κ2) is 120. The van der Waals surface area contributed by atoms with Crippen molar-refractivity contribution in [1.29, 1.82) is 0 Å². The van der Waals surface area contributed by atoms with Gasteiger partial charge in [-0.15, -0.1) is 0 Å². The quantitative estimate of drug-likeness (QED) is 0.137. The van der Waals surface area contributed by atoms with E-state index in [-0.39, 0.29) is 363 Å². The summed E-state index contributed by atoms with van der Waals surface area (Å²) in [6, 6.07) is 0. The van der Waals surface area contributed by atoms with Crippen LogP contribution in [0.3, 0.4) is 0 Å². The predicted octanol–water partition coefficient (Wildman–Crippen LogP) is 18.6. The van der Waals surface area contributed by atoms with Gasteiger partial charge in [-0.1, -0.05) is 446 Å². The van der Waals surface area contributed by atoms with Crippen LogP contribution in [0.2, 0.25) is 314 Å². The molecule has 8 aliphatic heterocycles. The Kier molecular flexibility index (Phi) is 201. The van der Waals surface area contributed by atoms with E-state index in [0.29, 0.717) is 0 Å². The van der Waals surface area contributed by atoms with Crippen molar-refractivity contribution in [2.24, 2.45) is 0 Å². The van der Waals surface area contributed by atoms with Gasteiger partial charge in [-0.2, -0.15) is 0 Å². The van der Waals surface area contributed by atoms with Crippen LogP contribution in [0.15, 0.2) is 0 Å². The number of hydrogen-bond donors (Lipinski definition) is 0. The maximum Gasteiger partial charge on any atom is 3.00 e. The van der Waals surface area contributed by atoms with Crippen LogP contribution in [0.5, 0.6) is 0 Å². The largest absolute Gasteiger partial charge is 3.00 e. The molecule has 8 aliphatic rings. The number of ether oxygens (including phenoxy) is 8. The first kappa shape index (κ1) is 220. The van der Waals surface area contributed by atoms with Gasteiger partial charge in [-0.25, -0.2) is 0 Å². The molecule has 8 saturated heterocycles. The average molecular weight is 2660 g/mol. The van der Waals surface area contributed by atoms with Crippen LogP contribution in [0, 0.1) is 0 Å². The van der Waals surface area contributed by atoms with Gasteiger partial charge in [0.25, 0.3) is 0 Å². The van der Waals surface area contributed by atoms with Crippen molar-refractivity contribution in [1.82, 2.24) is 0 Å². The summed E-state index contributed by atoms with van der Waals surface area (Å²) < 4.78 is 78.1. The first-order valence-electron chi connectivity index (χ1n) is 44.2. The molecule has 0 aromatic carbocycles. The second-order valence-electron chi connectivity index (χ2n) is 46.2. The van der Waals surface area contributed by atoms with Gasteiger partial charge in [0.15, 0.2) is 0 Å². The third-order valence-corrected chi connectivity index (χ3v) is 54.9. The summed E-state index contributed by atoms with van der Waals surface area (Å²) >= 11 is 0. The van der Waals surface area contributed by atoms with Crippen LogP contribution in [0.4, 0.5) is 0 Å². The average Bonchev–Trinajstić information content (AvgIpc) is 1.93. The summed E-state index contributed by atoms with van der Waals surface area (Å²) in [5.74, 6) is 0. The number of rotatable bonds is 16.